The Morgan fingerprint density at radius 3 is 2.69 bits per heavy atom. The molecule has 1 saturated heterocycles. The number of fused-ring (bicyclic) bond motifs is 1. The van der Waals surface area contributed by atoms with E-state index in [1.54, 1.807) is 0 Å². The molecule has 1 aromatic heterocycles. The van der Waals surface area contributed by atoms with Gasteiger partial charge in [-0.15, -0.1) is 0 Å². The second kappa shape index (κ2) is 12.3. The Labute approximate surface area is 241 Å². The Morgan fingerprint density at radius 1 is 1.26 bits per heavy atom. The number of anilines is 1. The number of imidazole rings is 1. The summed E-state index contributed by atoms with van der Waals surface area (Å²) in [6.45, 7) is -0.113. The minimum Gasteiger partial charge on any atom is -0.495 e. The minimum atomic E-state index is -4.52. The molecule has 1 fully saturated rings. The zero-order valence-electron chi connectivity index (χ0n) is 23.1. The number of hydrogen-bond donors (Lipinski definition) is 2. The summed E-state index contributed by atoms with van der Waals surface area (Å²) in [7, 11) is -0.149. The van der Waals surface area contributed by atoms with Crippen molar-refractivity contribution >= 4 is 32.5 Å². The van der Waals surface area contributed by atoms with Gasteiger partial charge in [0.2, 0.25) is 0 Å². The fraction of sp³-hybridized carbons (Fsp3) is 0.393. The second-order valence-corrected chi connectivity index (χ2v) is 12.1. The number of aromatic nitrogens is 2. The molecule has 0 bridgehead atoms. The second-order valence-electron chi connectivity index (χ2n) is 10.0. The first kappa shape index (κ1) is 30.7. The number of nitriles is 1. The molecular weight excluding hydrogens is 573 g/mol. The van der Waals surface area contributed by atoms with Gasteiger partial charge in [-0.3, -0.25) is 4.79 Å². The Kier molecular flexibility index (Phi) is 8.99. The standard InChI is InChI=1S/C28H29F3N6O4S/c1-36-10-8-22(19(14-32)15-36)35-27(38)21-11-18(12-24-26(21)34-17-37(24)16-28(29,30)31)5-4-9-33-23-13-20(42(3,39)40)6-7-25(23)41-2/h6-7,11-13,17,19,22,33H,8-10,15-16H2,1-3H3,(H,35,38)/t19-,22-/m0/s1. The van der Waals surface area contributed by atoms with E-state index in [1.165, 1.54) is 37.4 Å². The Hall–Kier alpha value is -4.27. The number of nitrogens with zero attached hydrogens (tertiary/aromatic N) is 4. The monoisotopic (exact) mass is 602 g/mol. The number of sulfone groups is 1. The number of ether oxygens (including phenoxy) is 1. The predicted octanol–water partition coefficient (Wildman–Crippen LogP) is 3.05. The van der Waals surface area contributed by atoms with Crippen molar-refractivity contribution < 1.29 is 31.1 Å². The van der Waals surface area contributed by atoms with Gasteiger partial charge in [0.25, 0.3) is 5.91 Å². The number of likely N-dealkylation sites (tertiary alicyclic amines) is 1. The van der Waals surface area contributed by atoms with Crippen molar-refractivity contribution in [3.05, 3.63) is 47.8 Å². The van der Waals surface area contributed by atoms with E-state index < -0.39 is 40.4 Å². The number of piperidine rings is 1. The predicted molar refractivity (Wildman–Crippen MR) is 150 cm³/mol. The van der Waals surface area contributed by atoms with Crippen LogP contribution in [-0.2, 0) is 16.4 Å². The molecule has 4 rings (SSSR count). The van der Waals surface area contributed by atoms with Crippen LogP contribution in [0.15, 0.2) is 41.6 Å². The molecular formula is C28H29F3N6O4S. The van der Waals surface area contributed by atoms with Crippen molar-refractivity contribution in [1.29, 1.82) is 5.26 Å². The number of amides is 1. The van der Waals surface area contributed by atoms with Crippen molar-refractivity contribution in [2.45, 2.75) is 30.1 Å². The van der Waals surface area contributed by atoms with Crippen LogP contribution in [0.5, 0.6) is 5.75 Å². The molecule has 42 heavy (non-hydrogen) atoms. The summed E-state index contributed by atoms with van der Waals surface area (Å²) >= 11 is 0. The van der Waals surface area contributed by atoms with E-state index in [0.717, 1.165) is 17.2 Å². The molecule has 2 aromatic carbocycles. The molecule has 1 aliphatic heterocycles. The molecule has 222 valence electrons. The number of rotatable bonds is 7. The van der Waals surface area contributed by atoms with Gasteiger partial charge in [-0.1, -0.05) is 11.8 Å². The summed E-state index contributed by atoms with van der Waals surface area (Å²) < 4.78 is 69.8. The number of methoxy groups -OCH3 is 1. The van der Waals surface area contributed by atoms with Gasteiger partial charge >= 0.3 is 6.18 Å². The quantitative estimate of drug-likeness (QED) is 0.395. The average molecular weight is 603 g/mol. The fourth-order valence-corrected chi connectivity index (χ4v) is 5.38. The number of nitrogens with one attached hydrogen (secondary N) is 2. The molecule has 0 spiro atoms. The van der Waals surface area contributed by atoms with E-state index in [9.17, 15) is 31.6 Å². The van der Waals surface area contributed by atoms with Gasteiger partial charge in [-0.25, -0.2) is 13.4 Å². The Bertz CT molecular complexity index is 1700. The van der Waals surface area contributed by atoms with Crippen LogP contribution in [0.2, 0.25) is 0 Å². The van der Waals surface area contributed by atoms with Crippen molar-refractivity contribution in [3.8, 4) is 23.7 Å². The molecule has 0 radical (unpaired) electrons. The van der Waals surface area contributed by atoms with Crippen LogP contribution in [0.3, 0.4) is 0 Å². The highest BCUT2D eigenvalue weighted by Gasteiger charge is 2.31. The van der Waals surface area contributed by atoms with E-state index in [2.05, 4.69) is 33.5 Å². The third kappa shape index (κ3) is 7.32. The number of carbonyl (C=O) groups is 1. The molecule has 1 amide bonds. The number of benzene rings is 2. The van der Waals surface area contributed by atoms with E-state index in [0.29, 0.717) is 30.9 Å². The van der Waals surface area contributed by atoms with Gasteiger partial charge in [0.15, 0.2) is 9.84 Å². The molecule has 1 aliphatic rings. The third-order valence-corrected chi connectivity index (χ3v) is 7.93. The molecule has 2 N–H and O–H groups in total. The van der Waals surface area contributed by atoms with Crippen molar-refractivity contribution in [3.63, 3.8) is 0 Å². The van der Waals surface area contributed by atoms with Gasteiger partial charge < -0.3 is 24.8 Å². The molecule has 0 saturated carbocycles. The summed E-state index contributed by atoms with van der Waals surface area (Å²) in [4.78, 5) is 19.6. The van der Waals surface area contributed by atoms with Crippen LogP contribution in [0.1, 0.15) is 22.3 Å². The number of alkyl halides is 3. The van der Waals surface area contributed by atoms with E-state index in [4.69, 9.17) is 4.74 Å². The average Bonchev–Trinajstić information content (AvgIpc) is 3.31. The van der Waals surface area contributed by atoms with Crippen LogP contribution in [0, 0.1) is 29.1 Å². The third-order valence-electron chi connectivity index (χ3n) is 6.82. The molecule has 10 nitrogen and oxygen atoms in total. The number of hydrogen-bond acceptors (Lipinski definition) is 8. The molecule has 14 heteroatoms. The summed E-state index contributed by atoms with van der Waals surface area (Å²) in [5.74, 6) is 5.10. The first-order valence-corrected chi connectivity index (χ1v) is 14.7. The Morgan fingerprint density at radius 2 is 2.02 bits per heavy atom. The van der Waals surface area contributed by atoms with Crippen LogP contribution in [0.4, 0.5) is 18.9 Å². The molecule has 0 unspecified atom stereocenters. The molecule has 2 heterocycles. The molecule has 2 atom stereocenters. The summed E-state index contributed by atoms with van der Waals surface area (Å²) in [6.07, 6.45) is -1.86. The SMILES string of the molecule is COc1ccc(S(C)(=O)=O)cc1NCC#Cc1cc(C(=O)N[C@H]2CCN(C)C[C@@H]2C#N)c2ncn(CC(F)(F)F)c2c1. The lowest BCUT2D eigenvalue weighted by Gasteiger charge is -2.33. The maximum Gasteiger partial charge on any atom is 0.406 e. The summed E-state index contributed by atoms with van der Waals surface area (Å²) in [5, 5.41) is 15.4. The minimum absolute atomic E-state index is 0.0321. The van der Waals surface area contributed by atoms with Gasteiger partial charge in [0.05, 0.1) is 53.6 Å². The summed E-state index contributed by atoms with van der Waals surface area (Å²) in [5.41, 5.74) is 0.877. The van der Waals surface area contributed by atoms with Crippen LogP contribution in [0.25, 0.3) is 11.0 Å². The molecule has 3 aromatic rings. The number of carbonyl (C=O) groups excluding carboxylic acids is 1. The van der Waals surface area contributed by atoms with E-state index in [1.807, 2.05) is 11.9 Å². The van der Waals surface area contributed by atoms with Gasteiger partial charge in [0.1, 0.15) is 17.8 Å². The maximum absolute atomic E-state index is 13.4. The van der Waals surface area contributed by atoms with E-state index in [-0.39, 0.29) is 33.6 Å². The van der Waals surface area contributed by atoms with Crippen molar-refractivity contribution in [2.24, 2.45) is 5.92 Å². The zero-order chi connectivity index (χ0) is 30.7. The van der Waals surface area contributed by atoms with Gasteiger partial charge in [-0.05, 0) is 50.3 Å². The Balaban J connectivity index is 1.64. The van der Waals surface area contributed by atoms with Crippen LogP contribution >= 0.6 is 0 Å². The normalized spacial score (nSPS) is 17.6. The van der Waals surface area contributed by atoms with Crippen LogP contribution < -0.4 is 15.4 Å². The first-order chi connectivity index (χ1) is 19.8. The van der Waals surface area contributed by atoms with Gasteiger partial charge in [-0.2, -0.15) is 18.4 Å². The zero-order valence-corrected chi connectivity index (χ0v) is 23.9. The smallest absolute Gasteiger partial charge is 0.406 e. The van der Waals surface area contributed by atoms with Crippen molar-refractivity contribution in [2.75, 3.05) is 45.4 Å². The highest BCUT2D eigenvalue weighted by atomic mass is 32.2. The van der Waals surface area contributed by atoms with E-state index >= 15 is 0 Å². The highest BCUT2D eigenvalue weighted by molar-refractivity contribution is 7.90. The number of halogens is 3. The van der Waals surface area contributed by atoms with Crippen molar-refractivity contribution in [1.82, 2.24) is 19.8 Å². The highest BCUT2D eigenvalue weighted by Crippen LogP contribution is 2.28. The first-order valence-electron chi connectivity index (χ1n) is 12.8. The lowest BCUT2D eigenvalue weighted by molar-refractivity contribution is -0.139. The largest absolute Gasteiger partial charge is 0.495 e. The topological polar surface area (TPSA) is 129 Å². The van der Waals surface area contributed by atoms with Gasteiger partial charge in [0, 0.05) is 24.4 Å². The van der Waals surface area contributed by atoms with Crippen LogP contribution in [-0.4, -0.2) is 81.0 Å². The fourth-order valence-electron chi connectivity index (χ4n) is 4.73. The summed E-state index contributed by atoms with van der Waals surface area (Å²) in [6, 6.07) is 9.01. The lowest BCUT2D eigenvalue weighted by Crippen LogP contribution is -2.49. The molecule has 0 aliphatic carbocycles. The maximum atomic E-state index is 13.4. The lowest BCUT2D eigenvalue weighted by atomic mass is 9.93.